The van der Waals surface area contributed by atoms with E-state index in [1.807, 2.05) is 6.07 Å². The van der Waals surface area contributed by atoms with Crippen LogP contribution >= 0.6 is 34.8 Å². The van der Waals surface area contributed by atoms with E-state index in [0.717, 1.165) is 11.1 Å². The SMILES string of the molecule is COC(=O)c1ccc(C(O)c2cc(Cl)ccc2-c2cc(Cl)cc(Cl)c2)cc1. The Hall–Kier alpha value is -2.04. The Labute approximate surface area is 172 Å². The van der Waals surface area contributed by atoms with Crippen LogP contribution < -0.4 is 0 Å². The molecule has 3 rings (SSSR count). The molecule has 0 aliphatic carbocycles. The molecule has 0 saturated carbocycles. The molecule has 0 radical (unpaired) electrons. The third-order valence-electron chi connectivity index (χ3n) is 4.13. The Bertz CT molecular complexity index is 964. The number of hydrogen-bond donors (Lipinski definition) is 1. The first-order valence-corrected chi connectivity index (χ1v) is 9.14. The Balaban J connectivity index is 2.05. The standard InChI is InChI=1S/C21H15Cl3O3/c1-27-21(26)13-4-2-12(3-5-13)20(25)19-11-15(22)6-7-18(19)14-8-16(23)10-17(24)9-14/h2-11,20,25H,1H3. The van der Waals surface area contributed by atoms with Crippen LogP contribution in [-0.2, 0) is 4.74 Å². The average Bonchev–Trinajstić information content (AvgIpc) is 2.66. The molecular weight excluding hydrogens is 407 g/mol. The topological polar surface area (TPSA) is 46.5 Å². The van der Waals surface area contributed by atoms with Crippen molar-refractivity contribution in [2.75, 3.05) is 7.11 Å². The van der Waals surface area contributed by atoms with Crippen LogP contribution in [0.15, 0.2) is 60.7 Å². The zero-order valence-corrected chi connectivity index (χ0v) is 16.5. The third-order valence-corrected chi connectivity index (χ3v) is 4.80. The van der Waals surface area contributed by atoms with Crippen molar-refractivity contribution < 1.29 is 14.6 Å². The van der Waals surface area contributed by atoms with Gasteiger partial charge < -0.3 is 9.84 Å². The van der Waals surface area contributed by atoms with Crippen molar-refractivity contribution in [3.63, 3.8) is 0 Å². The highest BCUT2D eigenvalue weighted by atomic mass is 35.5. The summed E-state index contributed by atoms with van der Waals surface area (Å²) in [6.07, 6.45) is -0.955. The van der Waals surface area contributed by atoms with Crippen LogP contribution in [0.25, 0.3) is 11.1 Å². The number of aliphatic hydroxyl groups is 1. The van der Waals surface area contributed by atoms with E-state index in [9.17, 15) is 9.90 Å². The smallest absolute Gasteiger partial charge is 0.337 e. The van der Waals surface area contributed by atoms with Crippen molar-refractivity contribution in [2.45, 2.75) is 6.10 Å². The Kier molecular flexibility index (Phi) is 6.08. The molecular formula is C21H15Cl3O3. The molecule has 1 N–H and O–H groups in total. The number of halogens is 3. The third kappa shape index (κ3) is 4.45. The van der Waals surface area contributed by atoms with Crippen LogP contribution in [-0.4, -0.2) is 18.2 Å². The maximum absolute atomic E-state index is 11.6. The van der Waals surface area contributed by atoms with Gasteiger partial charge in [0.2, 0.25) is 0 Å². The van der Waals surface area contributed by atoms with Crippen LogP contribution in [0.5, 0.6) is 0 Å². The highest BCUT2D eigenvalue weighted by Crippen LogP contribution is 2.36. The fourth-order valence-electron chi connectivity index (χ4n) is 2.83. The lowest BCUT2D eigenvalue weighted by Crippen LogP contribution is -2.05. The summed E-state index contributed by atoms with van der Waals surface area (Å²) in [4.78, 5) is 11.6. The van der Waals surface area contributed by atoms with Crippen LogP contribution in [0.4, 0.5) is 0 Å². The fraction of sp³-hybridized carbons (Fsp3) is 0.0952. The first-order valence-electron chi connectivity index (χ1n) is 8.01. The van der Waals surface area contributed by atoms with Gasteiger partial charge in [0.05, 0.1) is 12.7 Å². The molecule has 0 aliphatic rings. The van der Waals surface area contributed by atoms with Gasteiger partial charge in [-0.05, 0) is 64.7 Å². The van der Waals surface area contributed by atoms with E-state index in [1.54, 1.807) is 54.6 Å². The van der Waals surface area contributed by atoms with Crippen LogP contribution in [0, 0.1) is 0 Å². The predicted molar refractivity (Wildman–Crippen MR) is 109 cm³/mol. The molecule has 0 saturated heterocycles. The van der Waals surface area contributed by atoms with E-state index in [-0.39, 0.29) is 0 Å². The number of methoxy groups -OCH3 is 1. The summed E-state index contributed by atoms with van der Waals surface area (Å²) in [7, 11) is 1.32. The first-order chi connectivity index (χ1) is 12.9. The van der Waals surface area contributed by atoms with Gasteiger partial charge in [0, 0.05) is 15.1 Å². The summed E-state index contributed by atoms with van der Waals surface area (Å²) in [6, 6.07) is 17.0. The van der Waals surface area contributed by atoms with E-state index in [4.69, 9.17) is 39.5 Å². The number of aliphatic hydroxyl groups excluding tert-OH is 1. The minimum atomic E-state index is -0.955. The molecule has 0 bridgehead atoms. The van der Waals surface area contributed by atoms with Crippen LogP contribution in [0.1, 0.15) is 27.6 Å². The number of carbonyl (C=O) groups is 1. The Morgan fingerprint density at radius 2 is 1.52 bits per heavy atom. The summed E-state index contributed by atoms with van der Waals surface area (Å²) in [5.74, 6) is -0.437. The second kappa shape index (κ2) is 8.32. The van der Waals surface area contributed by atoms with Gasteiger partial charge in [-0.3, -0.25) is 0 Å². The van der Waals surface area contributed by atoms with Crippen molar-refractivity contribution >= 4 is 40.8 Å². The lowest BCUT2D eigenvalue weighted by atomic mass is 9.92. The van der Waals surface area contributed by atoms with Crippen LogP contribution in [0.3, 0.4) is 0 Å². The number of rotatable bonds is 4. The van der Waals surface area contributed by atoms with Gasteiger partial charge in [-0.15, -0.1) is 0 Å². The van der Waals surface area contributed by atoms with Gasteiger partial charge in [0.1, 0.15) is 6.10 Å². The van der Waals surface area contributed by atoms with Gasteiger partial charge in [0.25, 0.3) is 0 Å². The van der Waals surface area contributed by atoms with Gasteiger partial charge >= 0.3 is 5.97 Å². The van der Waals surface area contributed by atoms with Crippen molar-refractivity contribution in [3.05, 3.63) is 92.4 Å². The largest absolute Gasteiger partial charge is 0.465 e. The number of hydrogen-bond acceptors (Lipinski definition) is 3. The summed E-state index contributed by atoms with van der Waals surface area (Å²) in [5.41, 5.74) is 3.14. The Morgan fingerprint density at radius 1 is 0.889 bits per heavy atom. The van der Waals surface area contributed by atoms with Gasteiger partial charge in [0.15, 0.2) is 0 Å². The van der Waals surface area contributed by atoms with Gasteiger partial charge in [-0.2, -0.15) is 0 Å². The van der Waals surface area contributed by atoms with Crippen molar-refractivity contribution in [2.24, 2.45) is 0 Å². The van der Waals surface area contributed by atoms with Crippen LogP contribution in [0.2, 0.25) is 15.1 Å². The highest BCUT2D eigenvalue weighted by molar-refractivity contribution is 6.35. The van der Waals surface area contributed by atoms with E-state index >= 15 is 0 Å². The van der Waals surface area contributed by atoms with E-state index in [1.165, 1.54) is 7.11 Å². The summed E-state index contributed by atoms with van der Waals surface area (Å²) >= 11 is 18.4. The molecule has 0 aliphatic heterocycles. The zero-order valence-electron chi connectivity index (χ0n) is 14.2. The quantitative estimate of drug-likeness (QED) is 0.511. The molecule has 138 valence electrons. The maximum atomic E-state index is 11.6. The lowest BCUT2D eigenvalue weighted by molar-refractivity contribution is 0.0600. The second-order valence-corrected chi connectivity index (χ2v) is 7.22. The van der Waals surface area contributed by atoms with E-state index in [0.29, 0.717) is 31.8 Å². The maximum Gasteiger partial charge on any atom is 0.337 e. The molecule has 3 nitrogen and oxygen atoms in total. The molecule has 1 unspecified atom stereocenters. The molecule has 0 fully saturated rings. The normalized spacial score (nSPS) is 11.9. The Morgan fingerprint density at radius 3 is 2.11 bits per heavy atom. The van der Waals surface area contributed by atoms with Crippen molar-refractivity contribution in [3.8, 4) is 11.1 Å². The minimum Gasteiger partial charge on any atom is -0.465 e. The highest BCUT2D eigenvalue weighted by Gasteiger charge is 2.18. The van der Waals surface area contributed by atoms with Gasteiger partial charge in [-0.25, -0.2) is 4.79 Å². The van der Waals surface area contributed by atoms with E-state index < -0.39 is 12.1 Å². The number of esters is 1. The number of ether oxygens (including phenoxy) is 1. The molecule has 0 spiro atoms. The summed E-state index contributed by atoms with van der Waals surface area (Å²) in [5, 5.41) is 12.4. The number of carbonyl (C=O) groups excluding carboxylic acids is 1. The van der Waals surface area contributed by atoms with Crippen molar-refractivity contribution in [1.82, 2.24) is 0 Å². The molecule has 0 heterocycles. The average molecular weight is 422 g/mol. The molecule has 0 amide bonds. The molecule has 1 atom stereocenters. The molecule has 27 heavy (non-hydrogen) atoms. The summed E-state index contributed by atoms with van der Waals surface area (Å²) in [6.45, 7) is 0. The monoisotopic (exact) mass is 420 g/mol. The zero-order chi connectivity index (χ0) is 19.6. The lowest BCUT2D eigenvalue weighted by Gasteiger charge is -2.17. The fourth-order valence-corrected chi connectivity index (χ4v) is 3.54. The van der Waals surface area contributed by atoms with Gasteiger partial charge in [-0.1, -0.05) is 53.0 Å². The summed E-state index contributed by atoms with van der Waals surface area (Å²) < 4.78 is 4.69. The first kappa shape index (κ1) is 19.7. The number of benzene rings is 3. The molecule has 3 aromatic rings. The second-order valence-electron chi connectivity index (χ2n) is 5.91. The predicted octanol–water partition coefficient (Wildman–Crippen LogP) is 6.18. The van der Waals surface area contributed by atoms with Crippen molar-refractivity contribution in [1.29, 1.82) is 0 Å². The van der Waals surface area contributed by atoms with E-state index in [2.05, 4.69) is 0 Å². The molecule has 3 aromatic carbocycles. The molecule has 0 aromatic heterocycles. The minimum absolute atomic E-state index is 0.404. The molecule has 6 heteroatoms.